The molecule has 0 unspecified atom stereocenters. The molecule has 0 rings (SSSR count). The van der Waals surface area contributed by atoms with Crippen molar-refractivity contribution in [2.45, 2.75) is 7.43 Å². The van der Waals surface area contributed by atoms with E-state index in [-0.39, 0.29) is 73.1 Å². The molecular formula is CH28O12. The van der Waals surface area contributed by atoms with Crippen LogP contribution in [0.5, 0.6) is 0 Å². The van der Waals surface area contributed by atoms with Gasteiger partial charge >= 0.3 is 0 Å². The lowest BCUT2D eigenvalue weighted by Crippen LogP contribution is -0.290. The van der Waals surface area contributed by atoms with Gasteiger partial charge in [0.25, 0.3) is 0 Å². The predicted molar refractivity (Wildman–Crippen MR) is 50.1 cm³/mol. The average Bonchev–Trinajstić information content (AvgIpc) is 0. The standard InChI is InChI=1S/CH4.12H2O/h1H4;12*1H2. The molecule has 0 aliphatic carbocycles. The molecule has 0 spiro atoms. The smallest absolute Gasteiger partial charge is 0.0776 e. The highest BCUT2D eigenvalue weighted by Crippen LogP contribution is 0.144. The molecule has 0 aromatic carbocycles. The fraction of sp³-hybridized carbons (Fsp3) is 1.00. The van der Waals surface area contributed by atoms with E-state index in [1.807, 2.05) is 0 Å². The van der Waals surface area contributed by atoms with Crippen molar-refractivity contribution in [3.63, 3.8) is 0 Å². The van der Waals surface area contributed by atoms with E-state index in [0.29, 0.717) is 0 Å². The van der Waals surface area contributed by atoms with Crippen molar-refractivity contribution in [2.75, 3.05) is 0 Å². The van der Waals surface area contributed by atoms with E-state index in [4.69, 9.17) is 0 Å². The first kappa shape index (κ1) is 7210. The van der Waals surface area contributed by atoms with Crippen LogP contribution in [0.1, 0.15) is 7.43 Å². The van der Waals surface area contributed by atoms with Gasteiger partial charge in [-0.3, -0.25) is 0 Å². The summed E-state index contributed by atoms with van der Waals surface area (Å²) >= 11 is 0. The second-order valence-corrected chi connectivity index (χ2v) is 0. The summed E-state index contributed by atoms with van der Waals surface area (Å²) in [6.45, 7) is 0. The Hall–Kier alpha value is -0.480. The van der Waals surface area contributed by atoms with Gasteiger partial charge in [-0.1, -0.05) is 7.43 Å². The van der Waals surface area contributed by atoms with Crippen LogP contribution < -0.4 is 0 Å². The monoisotopic (exact) mass is 232 g/mol. The van der Waals surface area contributed by atoms with Crippen LogP contribution in [0.3, 0.4) is 0 Å². The highest BCUT2D eigenvalue weighted by molar-refractivity contribution is 2.50. The molecule has 0 radical (unpaired) electrons. The summed E-state index contributed by atoms with van der Waals surface area (Å²) in [5, 5.41) is 0. The largest absolute Gasteiger partial charge is 0.412 e. The first-order chi connectivity index (χ1) is 0. The maximum absolute atomic E-state index is 0. The molecular weight excluding hydrogens is 204 g/mol. The zero-order valence-electron chi connectivity index (χ0n) is 6.00. The minimum absolute atomic E-state index is 0. The Bertz CT molecular complexity index is 5.09. The lowest BCUT2D eigenvalue weighted by molar-refractivity contribution is 0.823. The Morgan fingerprint density at radius 3 is 0.154 bits per heavy atom. The zero-order chi connectivity index (χ0) is 0. The first-order valence-electron chi connectivity index (χ1n) is 0. The van der Waals surface area contributed by atoms with E-state index >= 15 is 0 Å². The van der Waals surface area contributed by atoms with E-state index in [9.17, 15) is 0 Å². The second-order valence-electron chi connectivity index (χ2n) is 0. The van der Waals surface area contributed by atoms with Gasteiger partial charge in [-0.2, -0.15) is 0 Å². The molecule has 0 aliphatic rings. The van der Waals surface area contributed by atoms with Crippen LogP contribution in [-0.2, 0) is 0 Å². The van der Waals surface area contributed by atoms with Crippen molar-refractivity contribution in [1.82, 2.24) is 0 Å². The van der Waals surface area contributed by atoms with Crippen LogP contribution >= 0.6 is 0 Å². The second kappa shape index (κ2) is 5530. The van der Waals surface area contributed by atoms with E-state index in [1.165, 1.54) is 0 Å². The quantitative estimate of drug-likeness (QED) is 0.374. The molecule has 0 aromatic heterocycles. The minimum Gasteiger partial charge on any atom is -0.412 e. The normalized spacial score (nSPS) is 0. The molecule has 12 nitrogen and oxygen atoms in total. The Balaban J connectivity index is 0. The lowest BCUT2D eigenvalue weighted by atomic mass is 12.0. The van der Waals surface area contributed by atoms with Gasteiger partial charge in [-0.25, -0.2) is 0 Å². The molecule has 0 saturated heterocycles. The van der Waals surface area contributed by atoms with Crippen LogP contribution in [0.2, 0.25) is 0 Å². The summed E-state index contributed by atoms with van der Waals surface area (Å²) in [6.07, 6.45) is 0. The Morgan fingerprint density at radius 2 is 0.154 bits per heavy atom. The van der Waals surface area contributed by atoms with Gasteiger partial charge in [-0.05, 0) is 0 Å². The highest BCUT2D eigenvalue weighted by Gasteiger charge is -0.0775. The molecule has 0 heterocycles. The van der Waals surface area contributed by atoms with Crippen molar-refractivity contribution >= 4 is 0 Å². The lowest BCUT2D eigenvalue weighted by Gasteiger charge is -0.413. The van der Waals surface area contributed by atoms with Crippen molar-refractivity contribution in [3.8, 4) is 0 Å². The van der Waals surface area contributed by atoms with Crippen LogP contribution in [0, 0.1) is 0 Å². The fourth-order valence-corrected chi connectivity index (χ4v) is 0. The van der Waals surface area contributed by atoms with Crippen LogP contribution in [0.4, 0.5) is 0 Å². The molecule has 0 saturated carbocycles. The average molecular weight is 232 g/mol. The summed E-state index contributed by atoms with van der Waals surface area (Å²) < 4.78 is 0. The number of rotatable bonds is 0. The van der Waals surface area contributed by atoms with Crippen molar-refractivity contribution in [1.29, 1.82) is 0 Å². The van der Waals surface area contributed by atoms with Gasteiger partial charge in [0, 0.05) is 0 Å². The van der Waals surface area contributed by atoms with Gasteiger partial charge in [0.15, 0.2) is 0 Å². The first-order valence-corrected chi connectivity index (χ1v) is 0. The Morgan fingerprint density at radius 1 is 0.154 bits per heavy atom. The number of hydrogen-bond acceptors (Lipinski definition) is 0. The van der Waals surface area contributed by atoms with Gasteiger partial charge < -0.3 is 65.7 Å². The molecule has 13 heavy (non-hydrogen) atoms. The molecule has 0 fully saturated rings. The maximum atomic E-state index is 0. The van der Waals surface area contributed by atoms with Crippen molar-refractivity contribution < 1.29 is 65.7 Å². The molecule has 24 N–H and O–H groups in total. The van der Waals surface area contributed by atoms with E-state index < -0.39 is 0 Å². The molecule has 0 bridgehead atoms. The molecule has 0 amide bonds. The Labute approximate surface area is 74.5 Å². The number of hydrogen-bond donors (Lipinski definition) is 0. The summed E-state index contributed by atoms with van der Waals surface area (Å²) in [6, 6.07) is 0. The summed E-state index contributed by atoms with van der Waals surface area (Å²) in [4.78, 5) is 0. The van der Waals surface area contributed by atoms with E-state index in [1.54, 1.807) is 0 Å². The van der Waals surface area contributed by atoms with Gasteiger partial charge in [0.1, 0.15) is 0 Å². The molecule has 104 valence electrons. The third-order valence-electron chi connectivity index (χ3n) is 0. The SMILES string of the molecule is C.O.O.O.O.O.O.O.O.O.O.O.O. The van der Waals surface area contributed by atoms with Gasteiger partial charge in [-0.15, -0.1) is 0 Å². The Kier molecular flexibility index (Phi) is 3070000. The van der Waals surface area contributed by atoms with Crippen molar-refractivity contribution in [3.05, 3.63) is 0 Å². The van der Waals surface area contributed by atoms with Crippen LogP contribution in [0.15, 0.2) is 0 Å². The van der Waals surface area contributed by atoms with Crippen LogP contribution in [0.25, 0.3) is 0 Å². The van der Waals surface area contributed by atoms with Crippen LogP contribution in [-0.4, -0.2) is 65.7 Å². The molecule has 12 heteroatoms. The van der Waals surface area contributed by atoms with Gasteiger partial charge in [0.2, 0.25) is 0 Å². The molecule has 0 atom stereocenters. The van der Waals surface area contributed by atoms with E-state index in [0.717, 1.165) is 0 Å². The molecule has 0 aromatic rings. The third kappa shape index (κ3) is 4530. The molecule has 0 aliphatic heterocycles. The van der Waals surface area contributed by atoms with Crippen molar-refractivity contribution in [2.24, 2.45) is 0 Å². The summed E-state index contributed by atoms with van der Waals surface area (Å²) in [5.74, 6) is 0. The summed E-state index contributed by atoms with van der Waals surface area (Å²) in [5.41, 5.74) is 0. The summed E-state index contributed by atoms with van der Waals surface area (Å²) in [7, 11) is 0. The fourth-order valence-electron chi connectivity index (χ4n) is 0. The minimum atomic E-state index is 0. The topological polar surface area (TPSA) is 378 Å². The highest BCUT2D eigenvalue weighted by atomic mass is 16.0. The van der Waals surface area contributed by atoms with E-state index in [2.05, 4.69) is 0 Å². The third-order valence-corrected chi connectivity index (χ3v) is 0. The zero-order valence-corrected chi connectivity index (χ0v) is 6.00. The predicted octanol–water partition coefficient (Wildman–Crippen LogP) is -9.26. The van der Waals surface area contributed by atoms with Gasteiger partial charge in [0.05, 0.1) is 0 Å². The maximum Gasteiger partial charge on any atom is -0.0776 e.